The van der Waals surface area contributed by atoms with Gasteiger partial charge >= 0.3 is 18.9 Å². The van der Waals surface area contributed by atoms with Crippen molar-refractivity contribution < 1.29 is 20.3 Å². The molecule has 2 heteroatoms. The third-order valence-corrected chi connectivity index (χ3v) is 8.66. The fourth-order valence-corrected chi connectivity index (χ4v) is 5.76. The van der Waals surface area contributed by atoms with Gasteiger partial charge in [0.15, 0.2) is 0 Å². The maximum absolute atomic E-state index is 2.52. The molecule has 2 rings (SSSR count). The smallest absolute Gasteiger partial charge is 1.00 e. The number of allylic oxidation sites excluding steroid dienone is 8. The Hall–Kier alpha value is -0.226. The van der Waals surface area contributed by atoms with E-state index in [0.29, 0.717) is 0 Å². The van der Waals surface area contributed by atoms with Crippen LogP contribution in [-0.4, -0.2) is 8.07 Å². The van der Waals surface area contributed by atoms with Gasteiger partial charge in [-0.05, 0) is 12.8 Å². The minimum absolute atomic E-state index is 0. The summed E-state index contributed by atoms with van der Waals surface area (Å²) in [7, 11) is -1.26. The Morgan fingerprint density at radius 3 is 1.87 bits per heavy atom. The zero-order chi connectivity index (χ0) is 10.0. The van der Waals surface area contributed by atoms with Crippen LogP contribution in [0.2, 0.25) is 12.6 Å². The second kappa shape index (κ2) is 5.21. The summed E-state index contributed by atoms with van der Waals surface area (Å²) in [5.74, 6) is 0. The van der Waals surface area contributed by atoms with Crippen LogP contribution in [0, 0.1) is 0 Å². The van der Waals surface area contributed by atoms with Crippen LogP contribution in [0.4, 0.5) is 0 Å². The van der Waals surface area contributed by atoms with Crippen molar-refractivity contribution in [2.45, 2.75) is 32.4 Å². The Balaban J connectivity index is 0.00000112. The van der Waals surface area contributed by atoms with Gasteiger partial charge in [-0.2, -0.15) is 0 Å². The number of hydrogen-bond donors (Lipinski definition) is 0. The Morgan fingerprint density at radius 2 is 1.60 bits per heavy atom. The third-order valence-electron chi connectivity index (χ3n) is 3.67. The summed E-state index contributed by atoms with van der Waals surface area (Å²) in [5, 5.41) is 3.44. The van der Waals surface area contributed by atoms with Gasteiger partial charge in [-0.25, -0.2) is 0 Å². The van der Waals surface area contributed by atoms with E-state index in [1.165, 1.54) is 18.9 Å². The maximum Gasteiger partial charge on any atom is 1.00 e. The van der Waals surface area contributed by atoms with Gasteiger partial charge in [0.25, 0.3) is 0 Å². The molecule has 0 nitrogen and oxygen atoms in total. The summed E-state index contributed by atoms with van der Waals surface area (Å²) in [4.78, 5) is 0. The van der Waals surface area contributed by atoms with Crippen LogP contribution in [0.5, 0.6) is 0 Å². The molecule has 0 spiro atoms. The normalized spacial score (nSPS) is 18.8. The van der Waals surface area contributed by atoms with Crippen molar-refractivity contribution in [3.8, 4) is 0 Å². The molecule has 0 unspecified atom stereocenters. The van der Waals surface area contributed by atoms with Gasteiger partial charge in [0.05, 0.1) is 0 Å². The molecule has 15 heavy (non-hydrogen) atoms. The van der Waals surface area contributed by atoms with E-state index in [9.17, 15) is 0 Å². The second-order valence-electron chi connectivity index (χ2n) is 4.33. The van der Waals surface area contributed by atoms with E-state index in [1.807, 2.05) is 0 Å². The van der Waals surface area contributed by atoms with Crippen LogP contribution >= 0.6 is 0 Å². The molecular weight excluding hydrogens is 191 g/mol. The van der Waals surface area contributed by atoms with E-state index in [0.717, 1.165) is 0 Å². The zero-order valence-electron chi connectivity index (χ0n) is 11.1. The van der Waals surface area contributed by atoms with E-state index >= 15 is 0 Å². The molecular formula is C13H19LiSi. The molecule has 76 valence electrons. The molecule has 0 saturated heterocycles. The molecule has 0 amide bonds. The van der Waals surface area contributed by atoms with E-state index in [2.05, 4.69) is 49.9 Å². The number of hydrogen-bond acceptors (Lipinski definition) is 0. The Bertz CT molecular complexity index is 323. The van der Waals surface area contributed by atoms with Crippen molar-refractivity contribution in [2.75, 3.05) is 0 Å². The third kappa shape index (κ3) is 2.31. The Labute approximate surface area is 108 Å². The largest absolute Gasteiger partial charge is 1.00 e. The van der Waals surface area contributed by atoms with E-state index in [4.69, 9.17) is 0 Å². The van der Waals surface area contributed by atoms with Gasteiger partial charge in [-0.15, -0.1) is 0 Å². The van der Waals surface area contributed by atoms with Crippen LogP contribution in [0.15, 0.2) is 46.8 Å². The van der Waals surface area contributed by atoms with Crippen molar-refractivity contribution >= 4 is 8.07 Å². The first-order valence-corrected chi connectivity index (χ1v) is 8.20. The summed E-state index contributed by atoms with van der Waals surface area (Å²) in [6.07, 6.45) is 16.1. The monoisotopic (exact) mass is 210 g/mol. The molecule has 0 aromatic carbocycles. The molecule has 2 aliphatic rings. The summed E-state index contributed by atoms with van der Waals surface area (Å²) in [5.41, 5.74) is 0. The molecule has 2 aliphatic carbocycles. The molecule has 0 heterocycles. The SMILES string of the molecule is CC[Si](C)(C1=CC=CC1)C1=CC=CC1.[H-].[Li+]. The Morgan fingerprint density at radius 1 is 1.13 bits per heavy atom. The topological polar surface area (TPSA) is 0 Å². The molecule has 0 aliphatic heterocycles. The van der Waals surface area contributed by atoms with Gasteiger partial charge in [0, 0.05) is 0 Å². The van der Waals surface area contributed by atoms with Crippen molar-refractivity contribution in [1.29, 1.82) is 0 Å². The van der Waals surface area contributed by atoms with Crippen LogP contribution in [0.1, 0.15) is 21.2 Å². The average molecular weight is 210 g/mol. The van der Waals surface area contributed by atoms with Crippen molar-refractivity contribution in [3.63, 3.8) is 0 Å². The average Bonchev–Trinajstić information content (AvgIpc) is 2.88. The molecule has 0 atom stereocenters. The Kier molecular flexibility index (Phi) is 4.46. The van der Waals surface area contributed by atoms with Gasteiger partial charge in [-0.3, -0.25) is 0 Å². The molecule has 0 aromatic rings. The fourth-order valence-electron chi connectivity index (χ4n) is 2.37. The standard InChI is InChI=1S/C13H18Si.Li.H/c1-3-14(2,12-8-4-5-9-12)13-10-6-7-11-13;;/h4-8,10H,3,9,11H2,1-2H3;;/q;+1;-1. The second-order valence-corrected chi connectivity index (χ2v) is 8.99. The van der Waals surface area contributed by atoms with Gasteiger partial charge in [0.2, 0.25) is 0 Å². The van der Waals surface area contributed by atoms with E-state index < -0.39 is 8.07 Å². The van der Waals surface area contributed by atoms with Crippen molar-refractivity contribution in [3.05, 3.63) is 46.8 Å². The van der Waals surface area contributed by atoms with Gasteiger partial charge in [0.1, 0.15) is 8.07 Å². The molecule has 0 radical (unpaired) electrons. The van der Waals surface area contributed by atoms with Crippen LogP contribution in [-0.2, 0) is 0 Å². The van der Waals surface area contributed by atoms with E-state index in [1.54, 1.807) is 10.4 Å². The minimum Gasteiger partial charge on any atom is -1.00 e. The summed E-state index contributed by atoms with van der Waals surface area (Å²) in [6, 6.07) is 1.34. The maximum atomic E-state index is 2.52. The summed E-state index contributed by atoms with van der Waals surface area (Å²) >= 11 is 0. The molecule has 0 N–H and O–H groups in total. The fraction of sp³-hybridized carbons (Fsp3) is 0.385. The van der Waals surface area contributed by atoms with Gasteiger partial charge in [-0.1, -0.05) is 66.4 Å². The van der Waals surface area contributed by atoms with Crippen molar-refractivity contribution in [1.82, 2.24) is 0 Å². The molecule has 0 fully saturated rings. The minimum atomic E-state index is -1.26. The van der Waals surface area contributed by atoms with Crippen LogP contribution in [0.25, 0.3) is 0 Å². The molecule has 0 aromatic heterocycles. The van der Waals surface area contributed by atoms with Crippen molar-refractivity contribution in [2.24, 2.45) is 0 Å². The van der Waals surface area contributed by atoms with Gasteiger partial charge < -0.3 is 1.43 Å². The first-order chi connectivity index (χ1) is 6.77. The van der Waals surface area contributed by atoms with Crippen LogP contribution < -0.4 is 18.9 Å². The predicted molar refractivity (Wildman–Crippen MR) is 66.9 cm³/mol. The summed E-state index contributed by atoms with van der Waals surface area (Å²) < 4.78 is 0. The van der Waals surface area contributed by atoms with E-state index in [-0.39, 0.29) is 20.3 Å². The number of rotatable bonds is 3. The molecule has 0 bridgehead atoms. The first kappa shape index (κ1) is 12.8. The zero-order valence-corrected chi connectivity index (χ0v) is 11.1. The van der Waals surface area contributed by atoms with Crippen LogP contribution in [0.3, 0.4) is 0 Å². The first-order valence-electron chi connectivity index (χ1n) is 5.49. The summed E-state index contributed by atoms with van der Waals surface area (Å²) in [6.45, 7) is 4.87. The molecule has 0 saturated carbocycles. The predicted octanol–water partition coefficient (Wildman–Crippen LogP) is 1.05. The quantitative estimate of drug-likeness (QED) is 0.611.